The standard InChI is InChI=1S/C21H20O4/c1-12-11-15(21-16(22)6-4-8-19(21)25-12)13-9-10-17(23)20-14(13)5-3-7-18(20)24-2/h3-10,12,15,22-23H,11H2,1-2H3/t12-,15?/m0/s1. The monoisotopic (exact) mass is 336 g/mol. The summed E-state index contributed by atoms with van der Waals surface area (Å²) in [7, 11) is 1.60. The Labute approximate surface area is 146 Å². The van der Waals surface area contributed by atoms with Crippen LogP contribution in [-0.4, -0.2) is 23.4 Å². The Hall–Kier alpha value is -2.88. The summed E-state index contributed by atoms with van der Waals surface area (Å²) in [6, 6.07) is 14.7. The molecule has 0 radical (unpaired) electrons. The fraction of sp³-hybridized carbons (Fsp3) is 0.238. The van der Waals surface area contributed by atoms with Crippen LogP contribution < -0.4 is 9.47 Å². The molecule has 0 aliphatic carbocycles. The van der Waals surface area contributed by atoms with Gasteiger partial charge in [0.2, 0.25) is 0 Å². The van der Waals surface area contributed by atoms with Crippen LogP contribution in [0.3, 0.4) is 0 Å². The summed E-state index contributed by atoms with van der Waals surface area (Å²) >= 11 is 0. The fourth-order valence-electron chi connectivity index (χ4n) is 3.83. The van der Waals surface area contributed by atoms with Gasteiger partial charge in [0.1, 0.15) is 23.0 Å². The first-order valence-corrected chi connectivity index (χ1v) is 8.37. The van der Waals surface area contributed by atoms with Crippen molar-refractivity contribution in [2.24, 2.45) is 0 Å². The average molecular weight is 336 g/mol. The van der Waals surface area contributed by atoms with E-state index in [2.05, 4.69) is 0 Å². The van der Waals surface area contributed by atoms with Crippen molar-refractivity contribution in [3.8, 4) is 23.0 Å². The van der Waals surface area contributed by atoms with Gasteiger partial charge in [-0.25, -0.2) is 0 Å². The minimum absolute atomic E-state index is 0.0184. The summed E-state index contributed by atoms with van der Waals surface area (Å²) in [5.74, 6) is 1.75. The van der Waals surface area contributed by atoms with E-state index in [-0.39, 0.29) is 23.5 Å². The van der Waals surface area contributed by atoms with Gasteiger partial charge in [0.25, 0.3) is 0 Å². The first-order valence-electron chi connectivity index (χ1n) is 8.37. The molecule has 1 aliphatic rings. The second kappa shape index (κ2) is 5.88. The minimum atomic E-state index is -0.0184. The van der Waals surface area contributed by atoms with Crippen LogP contribution in [0, 0.1) is 0 Å². The van der Waals surface area contributed by atoms with Crippen LogP contribution in [0.5, 0.6) is 23.0 Å². The third kappa shape index (κ3) is 2.45. The summed E-state index contributed by atoms with van der Waals surface area (Å²) in [5, 5.41) is 22.4. The van der Waals surface area contributed by atoms with Gasteiger partial charge in [-0.3, -0.25) is 0 Å². The number of aromatic hydroxyl groups is 2. The molecule has 4 heteroatoms. The summed E-state index contributed by atoms with van der Waals surface area (Å²) < 4.78 is 11.3. The number of phenolic OH excluding ortho intramolecular Hbond substituents is 2. The number of fused-ring (bicyclic) bond motifs is 2. The van der Waals surface area contributed by atoms with Crippen LogP contribution in [0.25, 0.3) is 10.8 Å². The summed E-state index contributed by atoms with van der Waals surface area (Å²) in [5.41, 5.74) is 1.85. The number of hydrogen-bond donors (Lipinski definition) is 2. The highest BCUT2D eigenvalue weighted by Gasteiger charge is 2.31. The molecule has 4 nitrogen and oxygen atoms in total. The molecular weight excluding hydrogens is 316 g/mol. The molecule has 0 saturated carbocycles. The quantitative estimate of drug-likeness (QED) is 0.720. The van der Waals surface area contributed by atoms with E-state index in [1.54, 1.807) is 25.3 Å². The molecule has 1 heterocycles. The van der Waals surface area contributed by atoms with E-state index in [1.807, 2.05) is 37.3 Å². The molecule has 1 unspecified atom stereocenters. The zero-order chi connectivity index (χ0) is 17.6. The SMILES string of the molecule is COc1cccc2c(C3C[C@H](C)Oc4cccc(O)c43)ccc(O)c12. The molecule has 3 aromatic carbocycles. The highest BCUT2D eigenvalue weighted by atomic mass is 16.5. The van der Waals surface area contributed by atoms with Gasteiger partial charge >= 0.3 is 0 Å². The fourth-order valence-corrected chi connectivity index (χ4v) is 3.83. The van der Waals surface area contributed by atoms with Crippen molar-refractivity contribution in [3.63, 3.8) is 0 Å². The second-order valence-electron chi connectivity index (χ2n) is 6.46. The van der Waals surface area contributed by atoms with E-state index in [9.17, 15) is 10.2 Å². The number of benzene rings is 3. The molecule has 0 aromatic heterocycles. The molecule has 0 bridgehead atoms. The van der Waals surface area contributed by atoms with Gasteiger partial charge in [-0.1, -0.05) is 24.3 Å². The van der Waals surface area contributed by atoms with E-state index in [4.69, 9.17) is 9.47 Å². The maximum Gasteiger partial charge on any atom is 0.130 e. The summed E-state index contributed by atoms with van der Waals surface area (Å²) in [6.07, 6.45) is 0.788. The lowest BCUT2D eigenvalue weighted by Gasteiger charge is -2.32. The predicted octanol–water partition coefficient (Wildman–Crippen LogP) is 4.56. The molecule has 0 saturated heterocycles. The van der Waals surface area contributed by atoms with E-state index < -0.39 is 0 Å². The van der Waals surface area contributed by atoms with Crippen LogP contribution in [0.4, 0.5) is 0 Å². The van der Waals surface area contributed by atoms with Crippen molar-refractivity contribution in [1.82, 2.24) is 0 Å². The topological polar surface area (TPSA) is 58.9 Å². The van der Waals surface area contributed by atoms with Gasteiger partial charge in [-0.05, 0) is 48.6 Å². The number of hydrogen-bond acceptors (Lipinski definition) is 4. The molecule has 0 amide bonds. The van der Waals surface area contributed by atoms with Crippen LogP contribution in [0.1, 0.15) is 30.4 Å². The van der Waals surface area contributed by atoms with Crippen molar-refractivity contribution < 1.29 is 19.7 Å². The van der Waals surface area contributed by atoms with Crippen LogP contribution in [0.15, 0.2) is 48.5 Å². The smallest absolute Gasteiger partial charge is 0.130 e. The van der Waals surface area contributed by atoms with Crippen molar-refractivity contribution in [3.05, 3.63) is 59.7 Å². The van der Waals surface area contributed by atoms with E-state index in [0.717, 1.165) is 22.9 Å². The van der Waals surface area contributed by atoms with Crippen molar-refractivity contribution in [2.45, 2.75) is 25.4 Å². The molecule has 0 fully saturated rings. The van der Waals surface area contributed by atoms with Gasteiger partial charge in [0.15, 0.2) is 0 Å². The predicted molar refractivity (Wildman–Crippen MR) is 96.8 cm³/mol. The molecule has 4 rings (SSSR count). The second-order valence-corrected chi connectivity index (χ2v) is 6.46. The van der Waals surface area contributed by atoms with Crippen LogP contribution >= 0.6 is 0 Å². The molecule has 0 spiro atoms. The van der Waals surface area contributed by atoms with Crippen molar-refractivity contribution in [1.29, 1.82) is 0 Å². The molecule has 3 aromatic rings. The Bertz CT molecular complexity index is 948. The Morgan fingerprint density at radius 1 is 1.00 bits per heavy atom. The van der Waals surface area contributed by atoms with Gasteiger partial charge in [0.05, 0.1) is 18.6 Å². The summed E-state index contributed by atoms with van der Waals surface area (Å²) in [6.45, 7) is 2.03. The third-order valence-corrected chi connectivity index (χ3v) is 4.90. The number of ether oxygens (including phenoxy) is 2. The van der Waals surface area contributed by atoms with Gasteiger partial charge < -0.3 is 19.7 Å². The van der Waals surface area contributed by atoms with E-state index >= 15 is 0 Å². The Balaban J connectivity index is 1.99. The zero-order valence-corrected chi connectivity index (χ0v) is 14.2. The number of rotatable bonds is 2. The van der Waals surface area contributed by atoms with Gasteiger partial charge in [-0.2, -0.15) is 0 Å². The highest BCUT2D eigenvalue weighted by molar-refractivity contribution is 5.96. The Morgan fingerprint density at radius 2 is 1.80 bits per heavy atom. The number of phenols is 2. The van der Waals surface area contributed by atoms with E-state index in [1.165, 1.54) is 0 Å². The lowest BCUT2D eigenvalue weighted by Crippen LogP contribution is -2.23. The molecule has 128 valence electrons. The largest absolute Gasteiger partial charge is 0.508 e. The maximum atomic E-state index is 10.4. The Morgan fingerprint density at radius 3 is 2.60 bits per heavy atom. The highest BCUT2D eigenvalue weighted by Crippen LogP contribution is 2.48. The normalized spacial score (nSPS) is 19.3. The van der Waals surface area contributed by atoms with E-state index in [0.29, 0.717) is 16.9 Å². The Kier molecular flexibility index (Phi) is 3.68. The maximum absolute atomic E-state index is 10.4. The van der Waals surface area contributed by atoms with Gasteiger partial charge in [-0.15, -0.1) is 0 Å². The average Bonchev–Trinajstić information content (AvgIpc) is 2.61. The third-order valence-electron chi connectivity index (χ3n) is 4.90. The summed E-state index contributed by atoms with van der Waals surface area (Å²) in [4.78, 5) is 0. The first-order chi connectivity index (χ1) is 12.1. The molecule has 1 aliphatic heterocycles. The molecular formula is C21H20O4. The lowest BCUT2D eigenvalue weighted by atomic mass is 9.81. The number of methoxy groups -OCH3 is 1. The van der Waals surface area contributed by atoms with Crippen molar-refractivity contribution in [2.75, 3.05) is 7.11 Å². The molecule has 2 N–H and O–H groups in total. The van der Waals surface area contributed by atoms with Crippen LogP contribution in [-0.2, 0) is 0 Å². The van der Waals surface area contributed by atoms with Crippen molar-refractivity contribution >= 4 is 10.8 Å². The first kappa shape index (κ1) is 15.6. The molecule has 2 atom stereocenters. The van der Waals surface area contributed by atoms with Crippen LogP contribution in [0.2, 0.25) is 0 Å². The zero-order valence-electron chi connectivity index (χ0n) is 14.2. The minimum Gasteiger partial charge on any atom is -0.508 e. The van der Waals surface area contributed by atoms with Gasteiger partial charge in [0, 0.05) is 11.5 Å². The molecule has 25 heavy (non-hydrogen) atoms. The lowest BCUT2D eigenvalue weighted by molar-refractivity contribution is 0.181.